The molecule has 10 heteroatoms. The number of benzene rings is 1. The highest BCUT2D eigenvalue weighted by atomic mass is 35.5. The molecule has 1 aliphatic heterocycles. The summed E-state index contributed by atoms with van der Waals surface area (Å²) >= 11 is 6.11. The van der Waals surface area contributed by atoms with E-state index >= 15 is 0 Å². The summed E-state index contributed by atoms with van der Waals surface area (Å²) in [4.78, 5) is 36.0. The van der Waals surface area contributed by atoms with Crippen molar-refractivity contribution in [1.82, 2.24) is 10.2 Å². The Kier molecular flexibility index (Phi) is 5.71. The number of hydrogen-bond donors (Lipinski definition) is 2. The third-order valence-corrected chi connectivity index (χ3v) is 7.49. The van der Waals surface area contributed by atoms with Crippen LogP contribution < -0.4 is 10.6 Å². The van der Waals surface area contributed by atoms with Crippen molar-refractivity contribution in [2.75, 3.05) is 18.4 Å². The normalized spacial score (nSPS) is 18.5. The highest BCUT2D eigenvalue weighted by Gasteiger charge is 2.32. The number of sulfone groups is 1. The van der Waals surface area contributed by atoms with E-state index in [-0.39, 0.29) is 22.2 Å². The minimum Gasteiger partial charge on any atom is -0.329 e. The monoisotopic (exact) mass is 413 g/mol. The molecule has 1 saturated heterocycles. The van der Waals surface area contributed by atoms with Crippen LogP contribution >= 0.6 is 11.6 Å². The van der Waals surface area contributed by atoms with E-state index in [1.54, 1.807) is 0 Å². The zero-order valence-electron chi connectivity index (χ0n) is 14.5. The van der Waals surface area contributed by atoms with Crippen LogP contribution in [-0.2, 0) is 19.4 Å². The molecule has 8 nitrogen and oxygen atoms in total. The molecule has 2 fully saturated rings. The molecule has 146 valence electrons. The number of rotatable bonds is 5. The summed E-state index contributed by atoms with van der Waals surface area (Å²) in [7, 11) is -3.60. The molecule has 1 saturated carbocycles. The van der Waals surface area contributed by atoms with Gasteiger partial charge in [-0.15, -0.1) is 0 Å². The summed E-state index contributed by atoms with van der Waals surface area (Å²) in [5, 5.41) is 4.47. The van der Waals surface area contributed by atoms with Gasteiger partial charge in [0, 0.05) is 5.69 Å². The van der Waals surface area contributed by atoms with Gasteiger partial charge in [0.25, 0.3) is 5.91 Å². The number of nitrogens with zero attached hydrogens (tertiary/aromatic N) is 1. The molecule has 1 aromatic carbocycles. The van der Waals surface area contributed by atoms with Crippen LogP contribution in [0.25, 0.3) is 0 Å². The second-order valence-electron chi connectivity index (χ2n) is 6.64. The molecule has 2 N–H and O–H groups in total. The fraction of sp³-hybridized carbons (Fsp3) is 0.471. The van der Waals surface area contributed by atoms with Gasteiger partial charge < -0.3 is 10.6 Å². The predicted molar refractivity (Wildman–Crippen MR) is 99.3 cm³/mol. The van der Waals surface area contributed by atoms with E-state index in [1.165, 1.54) is 18.2 Å². The lowest BCUT2D eigenvalue weighted by atomic mass is 10.0. The van der Waals surface area contributed by atoms with Crippen LogP contribution in [0.1, 0.15) is 32.1 Å². The standard InChI is InChI=1S/C17H20ClN3O5S/c18-13-7-6-11(20-15(22)10-21-16(23)9-19-17(21)24)8-14(13)27(25,26)12-4-2-1-3-5-12/h6-8,12H,1-5,9-10H2,(H,19,24)(H,20,22). The molecule has 0 spiro atoms. The molecule has 27 heavy (non-hydrogen) atoms. The van der Waals surface area contributed by atoms with Crippen molar-refractivity contribution in [3.05, 3.63) is 23.2 Å². The van der Waals surface area contributed by atoms with Crippen molar-refractivity contribution < 1.29 is 22.8 Å². The number of hydrogen-bond acceptors (Lipinski definition) is 5. The first-order valence-corrected chi connectivity index (χ1v) is 10.6. The van der Waals surface area contributed by atoms with E-state index < -0.39 is 39.5 Å². The third-order valence-electron chi connectivity index (χ3n) is 4.75. The first-order chi connectivity index (χ1) is 12.8. The van der Waals surface area contributed by atoms with Crippen LogP contribution in [0.3, 0.4) is 0 Å². The zero-order valence-corrected chi connectivity index (χ0v) is 16.1. The molecule has 4 amide bonds. The molecule has 0 unspecified atom stereocenters. The van der Waals surface area contributed by atoms with Crippen LogP contribution in [-0.4, -0.2) is 49.5 Å². The number of imide groups is 1. The summed E-state index contributed by atoms with van der Waals surface area (Å²) in [6.07, 6.45) is 3.95. The number of urea groups is 1. The summed E-state index contributed by atoms with van der Waals surface area (Å²) in [6, 6.07) is 3.59. The highest BCUT2D eigenvalue weighted by molar-refractivity contribution is 7.92. The lowest BCUT2D eigenvalue weighted by Crippen LogP contribution is -2.38. The summed E-state index contributed by atoms with van der Waals surface area (Å²) < 4.78 is 25.8. The van der Waals surface area contributed by atoms with Crippen LogP contribution in [0.15, 0.2) is 23.1 Å². The van der Waals surface area contributed by atoms with Crippen molar-refractivity contribution in [2.24, 2.45) is 0 Å². The molecule has 1 heterocycles. The van der Waals surface area contributed by atoms with Crippen molar-refractivity contribution in [2.45, 2.75) is 42.2 Å². The van der Waals surface area contributed by atoms with Crippen molar-refractivity contribution in [3.8, 4) is 0 Å². The second kappa shape index (κ2) is 7.85. The molecule has 3 rings (SSSR count). The van der Waals surface area contributed by atoms with Crippen LogP contribution in [0, 0.1) is 0 Å². The number of nitrogens with one attached hydrogen (secondary N) is 2. The Hall–Kier alpha value is -2.13. The molecule has 1 aliphatic carbocycles. The van der Waals surface area contributed by atoms with Crippen LogP contribution in [0.2, 0.25) is 5.02 Å². The number of carbonyl (C=O) groups excluding carboxylic acids is 3. The molecule has 2 aliphatic rings. The molecule has 0 aromatic heterocycles. The number of halogens is 1. The van der Waals surface area contributed by atoms with Crippen LogP contribution in [0.5, 0.6) is 0 Å². The van der Waals surface area contributed by atoms with Crippen LogP contribution in [0.4, 0.5) is 10.5 Å². The van der Waals surface area contributed by atoms with Gasteiger partial charge in [-0.05, 0) is 31.0 Å². The maximum atomic E-state index is 12.9. The minimum atomic E-state index is -3.60. The Bertz CT molecular complexity index is 865. The van der Waals surface area contributed by atoms with Gasteiger partial charge in [-0.25, -0.2) is 13.2 Å². The van der Waals surface area contributed by atoms with Gasteiger partial charge in [-0.1, -0.05) is 30.9 Å². The molecular formula is C17H20ClN3O5S. The fourth-order valence-electron chi connectivity index (χ4n) is 3.31. The summed E-state index contributed by atoms with van der Waals surface area (Å²) in [5.74, 6) is -1.10. The Morgan fingerprint density at radius 2 is 1.93 bits per heavy atom. The molecule has 0 bridgehead atoms. The van der Waals surface area contributed by atoms with Gasteiger partial charge in [0.2, 0.25) is 5.91 Å². The fourth-order valence-corrected chi connectivity index (χ4v) is 5.70. The van der Waals surface area contributed by atoms with Crippen molar-refractivity contribution >= 4 is 45.0 Å². The average molecular weight is 414 g/mol. The van der Waals surface area contributed by atoms with E-state index in [0.29, 0.717) is 12.8 Å². The Morgan fingerprint density at radius 1 is 1.22 bits per heavy atom. The van der Waals surface area contributed by atoms with Gasteiger partial charge in [0.15, 0.2) is 9.84 Å². The first kappa shape index (κ1) is 19.6. The highest BCUT2D eigenvalue weighted by Crippen LogP contribution is 2.33. The summed E-state index contributed by atoms with van der Waals surface area (Å²) in [5.41, 5.74) is 0.242. The maximum absolute atomic E-state index is 12.9. The topological polar surface area (TPSA) is 113 Å². The van der Waals surface area contributed by atoms with E-state index in [4.69, 9.17) is 11.6 Å². The van der Waals surface area contributed by atoms with Gasteiger partial charge >= 0.3 is 6.03 Å². The molecule has 1 aromatic rings. The molecule has 0 radical (unpaired) electrons. The van der Waals surface area contributed by atoms with Gasteiger partial charge in [0.1, 0.15) is 6.54 Å². The Balaban J connectivity index is 1.76. The molecule has 0 atom stereocenters. The molecular weight excluding hydrogens is 394 g/mol. The number of anilines is 1. The Morgan fingerprint density at radius 3 is 2.56 bits per heavy atom. The van der Waals surface area contributed by atoms with Gasteiger partial charge in [0.05, 0.1) is 21.7 Å². The van der Waals surface area contributed by atoms with Gasteiger partial charge in [-0.3, -0.25) is 14.5 Å². The predicted octanol–water partition coefficient (Wildman–Crippen LogP) is 1.94. The smallest absolute Gasteiger partial charge is 0.325 e. The number of amides is 4. The van der Waals surface area contributed by atoms with Crippen molar-refractivity contribution in [3.63, 3.8) is 0 Å². The van der Waals surface area contributed by atoms with E-state index in [9.17, 15) is 22.8 Å². The van der Waals surface area contributed by atoms with E-state index in [1.807, 2.05) is 0 Å². The lowest BCUT2D eigenvalue weighted by molar-refractivity contribution is -0.128. The summed E-state index contributed by atoms with van der Waals surface area (Å²) in [6.45, 7) is -0.588. The van der Waals surface area contributed by atoms with E-state index in [2.05, 4.69) is 10.6 Å². The number of carbonyl (C=O) groups is 3. The third kappa shape index (κ3) is 4.24. The Labute approximate surface area is 162 Å². The maximum Gasteiger partial charge on any atom is 0.325 e. The largest absolute Gasteiger partial charge is 0.329 e. The average Bonchev–Trinajstić information content (AvgIpc) is 2.96. The van der Waals surface area contributed by atoms with Gasteiger partial charge in [-0.2, -0.15) is 0 Å². The minimum absolute atomic E-state index is 0.0103. The quantitative estimate of drug-likeness (QED) is 0.716. The van der Waals surface area contributed by atoms with E-state index in [0.717, 1.165) is 24.2 Å². The lowest BCUT2D eigenvalue weighted by Gasteiger charge is -2.22. The second-order valence-corrected chi connectivity index (χ2v) is 9.24. The zero-order chi connectivity index (χ0) is 19.6. The van der Waals surface area contributed by atoms with Crippen molar-refractivity contribution in [1.29, 1.82) is 0 Å². The first-order valence-electron chi connectivity index (χ1n) is 8.70. The SMILES string of the molecule is O=C(CN1C(=O)CNC1=O)Nc1ccc(Cl)c(S(=O)(=O)C2CCCCC2)c1.